The van der Waals surface area contributed by atoms with Gasteiger partial charge in [-0.15, -0.1) is 0 Å². The summed E-state index contributed by atoms with van der Waals surface area (Å²) in [5.74, 6) is -3.13. The minimum atomic E-state index is -1.90. The average Bonchev–Trinajstić information content (AvgIpc) is 1.95. The molecule has 5 heteroatoms. The Morgan fingerprint density at radius 3 is 1.47 bits per heavy atom. The van der Waals surface area contributed by atoms with Crippen molar-refractivity contribution in [1.29, 1.82) is 0 Å². The van der Waals surface area contributed by atoms with Crippen LogP contribution in [0.25, 0.3) is 0 Å². The number of carbonyl (C=O) groups is 2. The molecule has 0 rings (SSSR count). The first kappa shape index (κ1) is 17.6. The number of carbonyl (C=O) groups excluding carboxylic acids is 2. The molecule has 82 valence electrons. The molecule has 0 unspecified atom stereocenters. The third-order valence-corrected chi connectivity index (χ3v) is 2.60. The predicted molar refractivity (Wildman–Crippen MR) is 52.6 cm³/mol. The van der Waals surface area contributed by atoms with E-state index in [2.05, 4.69) is 0 Å². The third kappa shape index (κ3) is 3.33. The van der Waals surface area contributed by atoms with E-state index in [9.17, 15) is 19.8 Å². The van der Waals surface area contributed by atoms with Crippen LogP contribution in [-0.4, -0.2) is 49.7 Å². The number of hydrogen-bond acceptors (Lipinski definition) is 4. The molecule has 0 aromatic heterocycles. The Balaban J connectivity index is 0. The Kier molecular flexibility index (Phi) is 7.11. The summed E-state index contributed by atoms with van der Waals surface area (Å²) in [5.41, 5.74) is -2.82. The maximum atomic E-state index is 11.0. The zero-order valence-corrected chi connectivity index (χ0v) is 12.0. The average molecular weight is 240 g/mol. The normalized spacial score (nSPS) is 11.7. The number of rotatable bonds is 4. The standard InChI is InChI=1S/C10H18O4.Ca/c1-5-6-10(7(11)12,8(13)14)9(2,3)4;/h5-6H2,1-4H3,(H,11,12)(H,13,14);/q;+2/p-2. The summed E-state index contributed by atoms with van der Waals surface area (Å²) in [6, 6.07) is 0. The van der Waals surface area contributed by atoms with E-state index in [0.29, 0.717) is 6.42 Å². The van der Waals surface area contributed by atoms with Crippen LogP contribution in [0.3, 0.4) is 0 Å². The molecule has 0 saturated heterocycles. The minimum absolute atomic E-state index is 0. The van der Waals surface area contributed by atoms with Gasteiger partial charge >= 0.3 is 37.7 Å². The SMILES string of the molecule is CCCC(C(=O)[O-])(C(=O)[O-])C(C)(C)C.[Ca+2]. The molecule has 0 fully saturated rings. The van der Waals surface area contributed by atoms with E-state index in [4.69, 9.17) is 0 Å². The van der Waals surface area contributed by atoms with Crippen LogP contribution in [0.2, 0.25) is 0 Å². The number of hydrogen-bond donors (Lipinski definition) is 0. The molecule has 0 amide bonds. The van der Waals surface area contributed by atoms with E-state index in [-0.39, 0.29) is 44.2 Å². The summed E-state index contributed by atoms with van der Waals surface area (Å²) in [4.78, 5) is 21.9. The molecule has 0 saturated carbocycles. The van der Waals surface area contributed by atoms with Crippen molar-refractivity contribution in [3.05, 3.63) is 0 Å². The van der Waals surface area contributed by atoms with Crippen LogP contribution < -0.4 is 10.2 Å². The van der Waals surface area contributed by atoms with Gasteiger partial charge in [-0.1, -0.05) is 34.1 Å². The topological polar surface area (TPSA) is 80.3 Å². The van der Waals surface area contributed by atoms with E-state index >= 15 is 0 Å². The van der Waals surface area contributed by atoms with Gasteiger partial charge in [0, 0.05) is 0 Å². The largest absolute Gasteiger partial charge is 2.00 e. The van der Waals surface area contributed by atoms with Crippen LogP contribution in [0.15, 0.2) is 0 Å². The van der Waals surface area contributed by atoms with Crippen molar-refractivity contribution in [2.75, 3.05) is 0 Å². The van der Waals surface area contributed by atoms with E-state index < -0.39 is 22.8 Å². The molecule has 0 aliphatic carbocycles. The van der Waals surface area contributed by atoms with Gasteiger partial charge in [-0.05, 0) is 11.8 Å². The third-order valence-electron chi connectivity index (χ3n) is 2.60. The van der Waals surface area contributed by atoms with Gasteiger partial charge in [0.2, 0.25) is 0 Å². The van der Waals surface area contributed by atoms with Crippen LogP contribution >= 0.6 is 0 Å². The van der Waals surface area contributed by atoms with E-state index in [1.165, 1.54) is 0 Å². The van der Waals surface area contributed by atoms with Crippen LogP contribution in [-0.2, 0) is 9.59 Å². The van der Waals surface area contributed by atoms with Gasteiger partial charge in [0.1, 0.15) is 0 Å². The number of aliphatic carboxylic acids is 2. The van der Waals surface area contributed by atoms with E-state index in [0.717, 1.165) is 0 Å². The molecule has 0 spiro atoms. The molecular weight excluding hydrogens is 224 g/mol. The molecule has 0 atom stereocenters. The van der Waals surface area contributed by atoms with Crippen molar-refractivity contribution < 1.29 is 19.8 Å². The molecule has 0 N–H and O–H groups in total. The number of carboxylic acids is 2. The molecule has 0 radical (unpaired) electrons. The fourth-order valence-electron chi connectivity index (χ4n) is 1.65. The molecule has 4 nitrogen and oxygen atoms in total. The van der Waals surface area contributed by atoms with Gasteiger partial charge in [0.15, 0.2) is 0 Å². The molecule has 0 aliphatic rings. The molecule has 0 bridgehead atoms. The molecule has 0 aromatic rings. The quantitative estimate of drug-likeness (QED) is 0.463. The van der Waals surface area contributed by atoms with Gasteiger partial charge in [-0.3, -0.25) is 0 Å². The first-order chi connectivity index (χ1) is 6.20. The Hall–Kier alpha value is 0.200. The summed E-state index contributed by atoms with van der Waals surface area (Å²) in [7, 11) is 0. The molecule has 0 aliphatic heterocycles. The van der Waals surface area contributed by atoms with Gasteiger partial charge in [0.05, 0.1) is 17.4 Å². The van der Waals surface area contributed by atoms with Gasteiger partial charge < -0.3 is 19.8 Å². The molecule has 0 aromatic carbocycles. The smallest absolute Gasteiger partial charge is 0.549 e. The second-order valence-corrected chi connectivity index (χ2v) is 4.48. The van der Waals surface area contributed by atoms with Crippen molar-refractivity contribution in [3.8, 4) is 0 Å². The first-order valence-electron chi connectivity index (χ1n) is 4.63. The Morgan fingerprint density at radius 1 is 1.07 bits per heavy atom. The summed E-state index contributed by atoms with van der Waals surface area (Å²) < 4.78 is 0. The van der Waals surface area contributed by atoms with Gasteiger partial charge in [-0.2, -0.15) is 0 Å². The summed E-state index contributed by atoms with van der Waals surface area (Å²) >= 11 is 0. The Bertz CT molecular complexity index is 228. The van der Waals surface area contributed by atoms with Crippen molar-refractivity contribution in [3.63, 3.8) is 0 Å². The maximum absolute atomic E-state index is 11.0. The first-order valence-corrected chi connectivity index (χ1v) is 4.63. The molecular formula is C10H16CaO4. The van der Waals surface area contributed by atoms with Crippen LogP contribution in [0.5, 0.6) is 0 Å². The van der Waals surface area contributed by atoms with E-state index in [1.54, 1.807) is 27.7 Å². The predicted octanol–water partition coefficient (Wildman–Crippen LogP) is -1.06. The minimum Gasteiger partial charge on any atom is -0.549 e. The fraction of sp³-hybridized carbons (Fsp3) is 0.800. The molecule has 0 heterocycles. The van der Waals surface area contributed by atoms with Crippen molar-refractivity contribution in [1.82, 2.24) is 0 Å². The summed E-state index contributed by atoms with van der Waals surface area (Å²) in [5, 5.41) is 21.9. The van der Waals surface area contributed by atoms with Crippen molar-refractivity contribution in [2.45, 2.75) is 40.5 Å². The summed E-state index contributed by atoms with van der Waals surface area (Å²) in [6.45, 7) is 6.42. The second-order valence-electron chi connectivity index (χ2n) is 4.48. The fourth-order valence-corrected chi connectivity index (χ4v) is 1.65. The van der Waals surface area contributed by atoms with E-state index in [1.807, 2.05) is 0 Å². The van der Waals surface area contributed by atoms with Crippen molar-refractivity contribution >= 4 is 49.7 Å². The van der Waals surface area contributed by atoms with Gasteiger partial charge in [-0.25, -0.2) is 0 Å². The van der Waals surface area contributed by atoms with Crippen molar-refractivity contribution in [2.24, 2.45) is 10.8 Å². The number of carboxylic acid groups (broad SMARTS) is 2. The Morgan fingerprint density at radius 2 is 1.40 bits per heavy atom. The monoisotopic (exact) mass is 240 g/mol. The Labute approximate surface area is 120 Å². The second kappa shape index (κ2) is 6.06. The zero-order valence-electron chi connectivity index (χ0n) is 9.75. The summed E-state index contributed by atoms with van der Waals surface area (Å²) in [6.07, 6.45) is 0.487. The zero-order chi connectivity index (χ0) is 11.6. The van der Waals surface area contributed by atoms with Crippen LogP contribution in [0, 0.1) is 10.8 Å². The van der Waals surface area contributed by atoms with Crippen LogP contribution in [0.1, 0.15) is 40.5 Å². The maximum Gasteiger partial charge on any atom is 2.00 e. The van der Waals surface area contributed by atoms with Crippen LogP contribution in [0.4, 0.5) is 0 Å². The molecule has 15 heavy (non-hydrogen) atoms. The van der Waals surface area contributed by atoms with Gasteiger partial charge in [0.25, 0.3) is 0 Å².